The lowest BCUT2D eigenvalue weighted by atomic mass is 9.89. The molecule has 0 radical (unpaired) electrons. The van der Waals surface area contributed by atoms with Crippen molar-refractivity contribution in [2.45, 2.75) is 44.8 Å². The lowest BCUT2D eigenvalue weighted by Crippen LogP contribution is -2.41. The predicted molar refractivity (Wildman–Crippen MR) is 83.1 cm³/mol. The van der Waals surface area contributed by atoms with Crippen molar-refractivity contribution in [2.24, 2.45) is 5.92 Å². The summed E-state index contributed by atoms with van der Waals surface area (Å²) in [6.45, 7) is 3.23. The van der Waals surface area contributed by atoms with Crippen molar-refractivity contribution in [1.29, 1.82) is 0 Å². The molecule has 0 bridgehead atoms. The summed E-state index contributed by atoms with van der Waals surface area (Å²) in [6.07, 6.45) is 4.18. The molecule has 23 heavy (non-hydrogen) atoms. The minimum atomic E-state index is -0.868. The summed E-state index contributed by atoms with van der Waals surface area (Å²) >= 11 is 0. The van der Waals surface area contributed by atoms with Crippen LogP contribution in [0, 0.1) is 12.8 Å². The van der Waals surface area contributed by atoms with E-state index < -0.39 is 12.1 Å². The van der Waals surface area contributed by atoms with Crippen molar-refractivity contribution in [3.8, 4) is 0 Å². The first-order valence-electron chi connectivity index (χ1n) is 8.15. The van der Waals surface area contributed by atoms with Crippen LogP contribution in [0.15, 0.2) is 18.3 Å². The number of nitrogens with zero attached hydrogens (tertiary/aromatic N) is 2. The summed E-state index contributed by atoms with van der Waals surface area (Å²) in [6, 6.07) is 3.60. The Labute approximate surface area is 135 Å². The number of carbonyl (C=O) groups is 2. The molecule has 1 N–H and O–H groups in total. The van der Waals surface area contributed by atoms with E-state index in [0.29, 0.717) is 31.0 Å². The molecule has 3 heterocycles. The molecular formula is C17H22N2O4. The van der Waals surface area contributed by atoms with E-state index >= 15 is 0 Å². The van der Waals surface area contributed by atoms with Gasteiger partial charge in [-0.2, -0.15) is 0 Å². The Morgan fingerprint density at radius 1 is 1.26 bits per heavy atom. The van der Waals surface area contributed by atoms with Gasteiger partial charge in [0.1, 0.15) is 0 Å². The van der Waals surface area contributed by atoms with Crippen molar-refractivity contribution in [3.63, 3.8) is 0 Å². The van der Waals surface area contributed by atoms with Gasteiger partial charge < -0.3 is 14.7 Å². The molecule has 2 saturated heterocycles. The normalized spacial score (nSPS) is 25.5. The second-order valence-corrected chi connectivity index (χ2v) is 6.34. The Morgan fingerprint density at radius 2 is 2.00 bits per heavy atom. The van der Waals surface area contributed by atoms with Gasteiger partial charge >= 0.3 is 5.97 Å². The first-order chi connectivity index (χ1) is 11.1. The highest BCUT2D eigenvalue weighted by atomic mass is 16.5. The lowest BCUT2D eigenvalue weighted by molar-refractivity contribution is -0.150. The van der Waals surface area contributed by atoms with E-state index in [1.807, 2.05) is 17.9 Å². The first-order valence-corrected chi connectivity index (χ1v) is 8.15. The highest BCUT2D eigenvalue weighted by Gasteiger charge is 2.37. The maximum absolute atomic E-state index is 12.6. The van der Waals surface area contributed by atoms with Crippen molar-refractivity contribution >= 4 is 11.9 Å². The average Bonchev–Trinajstić information content (AvgIpc) is 3.05. The molecule has 6 nitrogen and oxygen atoms in total. The van der Waals surface area contributed by atoms with Gasteiger partial charge in [-0.25, -0.2) is 4.79 Å². The number of aryl methyl sites for hydroxylation is 1. The van der Waals surface area contributed by atoms with Crippen molar-refractivity contribution in [2.75, 3.05) is 13.1 Å². The van der Waals surface area contributed by atoms with Crippen LogP contribution in [0.25, 0.3) is 0 Å². The number of carboxylic acids is 1. The van der Waals surface area contributed by atoms with Crippen LogP contribution in [0.4, 0.5) is 0 Å². The number of amides is 1. The molecule has 2 aliphatic rings. The Kier molecular flexibility index (Phi) is 4.61. The largest absolute Gasteiger partial charge is 0.479 e. The van der Waals surface area contributed by atoms with E-state index in [4.69, 9.17) is 9.84 Å². The van der Waals surface area contributed by atoms with Crippen LogP contribution in [-0.4, -0.2) is 52.2 Å². The number of carbonyl (C=O) groups excluding carboxylic acids is 1. The zero-order chi connectivity index (χ0) is 16.4. The molecule has 2 fully saturated rings. The van der Waals surface area contributed by atoms with Crippen LogP contribution in [0.2, 0.25) is 0 Å². The van der Waals surface area contributed by atoms with E-state index in [9.17, 15) is 9.59 Å². The number of rotatable bonds is 3. The van der Waals surface area contributed by atoms with Gasteiger partial charge in [-0.1, -0.05) is 0 Å². The second kappa shape index (κ2) is 6.66. The molecule has 1 aromatic rings. The van der Waals surface area contributed by atoms with E-state index in [0.717, 1.165) is 25.0 Å². The standard InChI is InChI=1S/C17H22N2O4/c1-11-13(3-2-8-18-11)16(20)19-9-6-12(7-10-19)14-4-5-15(23-14)17(21)22/h2-3,8,12,14-15H,4-7,9-10H2,1H3,(H,21,22)/t14-,15+/m0/s1. The fraction of sp³-hybridized carbons (Fsp3) is 0.588. The summed E-state index contributed by atoms with van der Waals surface area (Å²) in [4.78, 5) is 29.6. The summed E-state index contributed by atoms with van der Waals surface area (Å²) in [5.74, 6) is -0.490. The third kappa shape index (κ3) is 3.37. The molecule has 0 spiro atoms. The van der Waals surface area contributed by atoms with E-state index in [2.05, 4.69) is 4.98 Å². The summed E-state index contributed by atoms with van der Waals surface area (Å²) < 4.78 is 5.65. The van der Waals surface area contributed by atoms with Crippen molar-refractivity contribution in [1.82, 2.24) is 9.88 Å². The molecule has 0 saturated carbocycles. The van der Waals surface area contributed by atoms with Gasteiger partial charge in [0.25, 0.3) is 5.91 Å². The molecule has 1 amide bonds. The van der Waals surface area contributed by atoms with Gasteiger partial charge in [-0.15, -0.1) is 0 Å². The van der Waals surface area contributed by atoms with Crippen LogP contribution >= 0.6 is 0 Å². The fourth-order valence-corrected chi connectivity index (χ4v) is 3.55. The van der Waals surface area contributed by atoms with E-state index in [1.165, 1.54) is 0 Å². The summed E-state index contributed by atoms with van der Waals surface area (Å²) in [5.41, 5.74) is 1.41. The minimum absolute atomic E-state index is 0.0217. The number of likely N-dealkylation sites (tertiary alicyclic amines) is 1. The van der Waals surface area contributed by atoms with Crippen molar-refractivity contribution in [3.05, 3.63) is 29.6 Å². The molecule has 1 aromatic heterocycles. The topological polar surface area (TPSA) is 79.7 Å². The summed E-state index contributed by atoms with van der Waals surface area (Å²) in [5, 5.41) is 9.01. The zero-order valence-corrected chi connectivity index (χ0v) is 13.3. The number of hydrogen-bond acceptors (Lipinski definition) is 4. The van der Waals surface area contributed by atoms with Gasteiger partial charge in [0.2, 0.25) is 0 Å². The van der Waals surface area contributed by atoms with Crippen LogP contribution in [0.1, 0.15) is 41.7 Å². The molecule has 6 heteroatoms. The lowest BCUT2D eigenvalue weighted by Gasteiger charge is -2.34. The second-order valence-electron chi connectivity index (χ2n) is 6.34. The predicted octanol–water partition coefficient (Wildman–Crippen LogP) is 1.87. The third-order valence-electron chi connectivity index (χ3n) is 4.92. The monoisotopic (exact) mass is 318 g/mol. The SMILES string of the molecule is Cc1ncccc1C(=O)N1CCC([C@@H]2CC[C@H](C(=O)O)O2)CC1. The van der Waals surface area contributed by atoms with Gasteiger partial charge in [0, 0.05) is 25.0 Å². The third-order valence-corrected chi connectivity index (χ3v) is 4.92. The number of carboxylic acid groups (broad SMARTS) is 1. The first kappa shape index (κ1) is 15.9. The van der Waals surface area contributed by atoms with Crippen LogP contribution < -0.4 is 0 Å². The van der Waals surface area contributed by atoms with Gasteiger partial charge in [-0.05, 0) is 50.7 Å². The fourth-order valence-electron chi connectivity index (χ4n) is 3.55. The zero-order valence-electron chi connectivity index (χ0n) is 13.3. The smallest absolute Gasteiger partial charge is 0.332 e. The molecule has 0 unspecified atom stereocenters. The van der Waals surface area contributed by atoms with Gasteiger partial charge in [0.15, 0.2) is 6.10 Å². The van der Waals surface area contributed by atoms with Gasteiger partial charge in [-0.3, -0.25) is 9.78 Å². The number of aromatic nitrogens is 1. The average molecular weight is 318 g/mol. The Hall–Kier alpha value is -1.95. The van der Waals surface area contributed by atoms with Crippen LogP contribution in [0.3, 0.4) is 0 Å². The highest BCUT2D eigenvalue weighted by Crippen LogP contribution is 2.32. The van der Waals surface area contributed by atoms with Crippen LogP contribution in [-0.2, 0) is 9.53 Å². The number of piperidine rings is 1. The van der Waals surface area contributed by atoms with E-state index in [1.54, 1.807) is 12.3 Å². The quantitative estimate of drug-likeness (QED) is 0.920. The summed E-state index contributed by atoms with van der Waals surface area (Å²) in [7, 11) is 0. The Bertz CT molecular complexity index is 596. The molecule has 2 aliphatic heterocycles. The van der Waals surface area contributed by atoms with Crippen LogP contribution in [0.5, 0.6) is 0 Å². The number of hydrogen-bond donors (Lipinski definition) is 1. The van der Waals surface area contributed by atoms with E-state index in [-0.39, 0.29) is 12.0 Å². The number of pyridine rings is 1. The van der Waals surface area contributed by atoms with Gasteiger partial charge in [0.05, 0.1) is 11.7 Å². The Balaban J connectivity index is 1.56. The molecule has 0 aromatic carbocycles. The number of aliphatic carboxylic acids is 1. The number of ether oxygens (including phenoxy) is 1. The molecule has 3 rings (SSSR count). The van der Waals surface area contributed by atoms with Crippen molar-refractivity contribution < 1.29 is 19.4 Å². The molecule has 2 atom stereocenters. The Morgan fingerprint density at radius 3 is 2.61 bits per heavy atom. The molecule has 124 valence electrons. The molecular weight excluding hydrogens is 296 g/mol. The maximum Gasteiger partial charge on any atom is 0.332 e. The highest BCUT2D eigenvalue weighted by molar-refractivity contribution is 5.95. The molecule has 0 aliphatic carbocycles. The maximum atomic E-state index is 12.6. The minimum Gasteiger partial charge on any atom is -0.479 e.